The average molecular weight is 187 g/mol. The Bertz CT molecular complexity index is 166. The van der Waals surface area contributed by atoms with Crippen LogP contribution in [0.2, 0.25) is 0 Å². The number of hydrogen-bond donors (Lipinski definition) is 1. The SMILES string of the molecule is CC(CN)C(=O)OCC1CCCO1. The van der Waals surface area contributed by atoms with Crippen LogP contribution < -0.4 is 5.73 Å². The van der Waals surface area contributed by atoms with Gasteiger partial charge in [-0.15, -0.1) is 0 Å². The molecule has 1 fully saturated rings. The Morgan fingerprint density at radius 1 is 1.77 bits per heavy atom. The lowest BCUT2D eigenvalue weighted by Crippen LogP contribution is -2.26. The summed E-state index contributed by atoms with van der Waals surface area (Å²) in [5.41, 5.74) is 5.32. The summed E-state index contributed by atoms with van der Waals surface area (Å²) >= 11 is 0. The van der Waals surface area contributed by atoms with Gasteiger partial charge in [-0.1, -0.05) is 6.92 Å². The lowest BCUT2D eigenvalue weighted by atomic mass is 10.2. The van der Waals surface area contributed by atoms with E-state index in [1.54, 1.807) is 6.92 Å². The largest absolute Gasteiger partial charge is 0.463 e. The average Bonchev–Trinajstić information content (AvgIpc) is 2.65. The highest BCUT2D eigenvalue weighted by Crippen LogP contribution is 2.12. The number of carbonyl (C=O) groups is 1. The molecule has 0 aliphatic carbocycles. The molecule has 1 aliphatic rings. The molecule has 76 valence electrons. The molecule has 0 saturated carbocycles. The van der Waals surface area contributed by atoms with E-state index in [0.29, 0.717) is 13.2 Å². The third kappa shape index (κ3) is 3.32. The summed E-state index contributed by atoms with van der Waals surface area (Å²) in [4.78, 5) is 11.2. The Labute approximate surface area is 78.4 Å². The minimum absolute atomic E-state index is 0.105. The predicted molar refractivity (Wildman–Crippen MR) is 48.2 cm³/mol. The molecular weight excluding hydrogens is 170 g/mol. The number of esters is 1. The summed E-state index contributed by atoms with van der Waals surface area (Å²) < 4.78 is 10.3. The Hall–Kier alpha value is -0.610. The molecule has 1 rings (SSSR count). The standard InChI is InChI=1S/C9H17NO3/c1-7(5-10)9(11)13-6-8-3-2-4-12-8/h7-8H,2-6,10H2,1H3. The topological polar surface area (TPSA) is 61.6 Å². The van der Waals surface area contributed by atoms with E-state index in [0.717, 1.165) is 19.4 Å². The second-order valence-corrected chi connectivity index (χ2v) is 3.40. The smallest absolute Gasteiger partial charge is 0.310 e. The first-order chi connectivity index (χ1) is 6.24. The highest BCUT2D eigenvalue weighted by molar-refractivity contribution is 5.72. The van der Waals surface area contributed by atoms with Crippen LogP contribution in [0.5, 0.6) is 0 Å². The van der Waals surface area contributed by atoms with Crippen molar-refractivity contribution in [1.29, 1.82) is 0 Å². The number of ether oxygens (including phenoxy) is 2. The molecule has 0 amide bonds. The van der Waals surface area contributed by atoms with Crippen LogP contribution in [0.15, 0.2) is 0 Å². The maximum atomic E-state index is 11.2. The van der Waals surface area contributed by atoms with E-state index in [-0.39, 0.29) is 18.0 Å². The fraction of sp³-hybridized carbons (Fsp3) is 0.889. The van der Waals surface area contributed by atoms with E-state index < -0.39 is 0 Å². The van der Waals surface area contributed by atoms with Crippen molar-refractivity contribution in [3.8, 4) is 0 Å². The van der Waals surface area contributed by atoms with Crippen LogP contribution in [-0.4, -0.2) is 31.8 Å². The summed E-state index contributed by atoms with van der Waals surface area (Å²) in [5, 5.41) is 0. The Kier molecular flexibility index (Phi) is 4.18. The lowest BCUT2D eigenvalue weighted by molar-refractivity contribution is -0.150. The fourth-order valence-corrected chi connectivity index (χ4v) is 1.19. The summed E-state index contributed by atoms with van der Waals surface area (Å²) in [5.74, 6) is -0.431. The molecule has 13 heavy (non-hydrogen) atoms. The van der Waals surface area contributed by atoms with Gasteiger partial charge in [0.15, 0.2) is 0 Å². The molecule has 1 aliphatic heterocycles. The molecule has 0 aromatic rings. The van der Waals surface area contributed by atoms with Gasteiger partial charge >= 0.3 is 5.97 Å². The van der Waals surface area contributed by atoms with Gasteiger partial charge < -0.3 is 15.2 Å². The summed E-state index contributed by atoms with van der Waals surface area (Å²) in [6.45, 7) is 3.26. The van der Waals surface area contributed by atoms with Crippen LogP contribution >= 0.6 is 0 Å². The van der Waals surface area contributed by atoms with Gasteiger partial charge in [-0.05, 0) is 12.8 Å². The molecule has 1 heterocycles. The van der Waals surface area contributed by atoms with Crippen molar-refractivity contribution in [2.45, 2.75) is 25.9 Å². The Morgan fingerprint density at radius 3 is 3.08 bits per heavy atom. The molecule has 0 aromatic heterocycles. The van der Waals surface area contributed by atoms with Crippen LogP contribution in [0.3, 0.4) is 0 Å². The first-order valence-electron chi connectivity index (χ1n) is 4.72. The minimum atomic E-state index is -0.224. The van der Waals surface area contributed by atoms with E-state index in [1.165, 1.54) is 0 Å². The fourth-order valence-electron chi connectivity index (χ4n) is 1.19. The van der Waals surface area contributed by atoms with Crippen molar-refractivity contribution in [3.63, 3.8) is 0 Å². The quantitative estimate of drug-likeness (QED) is 0.643. The van der Waals surface area contributed by atoms with Crippen molar-refractivity contribution in [3.05, 3.63) is 0 Å². The minimum Gasteiger partial charge on any atom is -0.463 e. The van der Waals surface area contributed by atoms with Gasteiger partial charge in [-0.25, -0.2) is 0 Å². The summed E-state index contributed by atoms with van der Waals surface area (Å²) in [6.07, 6.45) is 2.16. The van der Waals surface area contributed by atoms with E-state index in [4.69, 9.17) is 15.2 Å². The maximum Gasteiger partial charge on any atom is 0.310 e. The number of nitrogens with two attached hydrogens (primary N) is 1. The lowest BCUT2D eigenvalue weighted by Gasteiger charge is -2.12. The van der Waals surface area contributed by atoms with E-state index in [2.05, 4.69) is 0 Å². The predicted octanol–water partition coefficient (Wildman–Crippen LogP) is 0.303. The highest BCUT2D eigenvalue weighted by atomic mass is 16.6. The number of carbonyl (C=O) groups excluding carboxylic acids is 1. The second kappa shape index (κ2) is 5.19. The number of rotatable bonds is 4. The van der Waals surface area contributed by atoms with Gasteiger partial charge in [0.2, 0.25) is 0 Å². The van der Waals surface area contributed by atoms with E-state index in [9.17, 15) is 4.79 Å². The number of hydrogen-bond acceptors (Lipinski definition) is 4. The highest BCUT2D eigenvalue weighted by Gasteiger charge is 2.19. The molecule has 2 unspecified atom stereocenters. The zero-order valence-corrected chi connectivity index (χ0v) is 7.99. The normalized spacial score (nSPS) is 24.3. The van der Waals surface area contributed by atoms with Crippen molar-refractivity contribution in [2.75, 3.05) is 19.8 Å². The van der Waals surface area contributed by atoms with Crippen molar-refractivity contribution >= 4 is 5.97 Å². The van der Waals surface area contributed by atoms with Crippen molar-refractivity contribution in [1.82, 2.24) is 0 Å². The molecule has 2 N–H and O–H groups in total. The van der Waals surface area contributed by atoms with Crippen LogP contribution in [0.1, 0.15) is 19.8 Å². The molecule has 2 atom stereocenters. The summed E-state index contributed by atoms with van der Waals surface area (Å²) in [7, 11) is 0. The third-order valence-electron chi connectivity index (χ3n) is 2.19. The Morgan fingerprint density at radius 2 is 2.54 bits per heavy atom. The van der Waals surface area contributed by atoms with Gasteiger partial charge in [0.05, 0.1) is 12.0 Å². The molecule has 0 spiro atoms. The van der Waals surface area contributed by atoms with Crippen LogP contribution in [0, 0.1) is 5.92 Å². The molecule has 0 bridgehead atoms. The maximum absolute atomic E-state index is 11.2. The second-order valence-electron chi connectivity index (χ2n) is 3.40. The van der Waals surface area contributed by atoms with Gasteiger partial charge in [0, 0.05) is 13.2 Å². The molecule has 4 heteroatoms. The molecule has 4 nitrogen and oxygen atoms in total. The molecule has 0 aromatic carbocycles. The van der Waals surface area contributed by atoms with Crippen molar-refractivity contribution < 1.29 is 14.3 Å². The van der Waals surface area contributed by atoms with Crippen LogP contribution in [-0.2, 0) is 14.3 Å². The summed E-state index contributed by atoms with van der Waals surface area (Å²) in [6, 6.07) is 0. The van der Waals surface area contributed by atoms with Crippen molar-refractivity contribution in [2.24, 2.45) is 11.7 Å². The van der Waals surface area contributed by atoms with Gasteiger partial charge in [-0.3, -0.25) is 4.79 Å². The van der Waals surface area contributed by atoms with E-state index in [1.807, 2.05) is 0 Å². The Balaban J connectivity index is 2.13. The van der Waals surface area contributed by atoms with Gasteiger partial charge in [0.25, 0.3) is 0 Å². The third-order valence-corrected chi connectivity index (χ3v) is 2.19. The van der Waals surface area contributed by atoms with E-state index >= 15 is 0 Å². The molecule has 1 saturated heterocycles. The van der Waals surface area contributed by atoms with Gasteiger partial charge in [-0.2, -0.15) is 0 Å². The molecular formula is C9H17NO3. The van der Waals surface area contributed by atoms with Crippen LogP contribution in [0.4, 0.5) is 0 Å². The zero-order valence-electron chi connectivity index (χ0n) is 7.99. The monoisotopic (exact) mass is 187 g/mol. The van der Waals surface area contributed by atoms with Crippen LogP contribution in [0.25, 0.3) is 0 Å². The molecule has 0 radical (unpaired) electrons. The van der Waals surface area contributed by atoms with Gasteiger partial charge in [0.1, 0.15) is 6.61 Å². The first kappa shape index (κ1) is 10.5. The first-order valence-corrected chi connectivity index (χ1v) is 4.72. The zero-order chi connectivity index (χ0) is 9.68.